The number of nitrogens with two attached hydrogens (primary N) is 1. The van der Waals surface area contributed by atoms with E-state index in [0.29, 0.717) is 49.1 Å². The smallest absolute Gasteiger partial charge is 0.247 e. The molecule has 0 aliphatic heterocycles. The van der Waals surface area contributed by atoms with E-state index in [9.17, 15) is 10.0 Å². The molecule has 1 aliphatic rings. The molecule has 2 aromatic rings. The van der Waals surface area contributed by atoms with Gasteiger partial charge in [-0.25, -0.2) is 14.6 Å². The number of rotatable bonds is 9. The van der Waals surface area contributed by atoms with Crippen LogP contribution in [0.25, 0.3) is 0 Å². The summed E-state index contributed by atoms with van der Waals surface area (Å²) in [6, 6.07) is 5.54. The monoisotopic (exact) mass is 505 g/mol. The third kappa shape index (κ3) is 6.86. The number of benzene rings is 1. The fourth-order valence-electron chi connectivity index (χ4n) is 3.57. The summed E-state index contributed by atoms with van der Waals surface area (Å²) in [5.41, 5.74) is 9.86. The van der Waals surface area contributed by atoms with Gasteiger partial charge in [-0.2, -0.15) is 0 Å². The maximum Gasteiger partial charge on any atom is 0.247 e. The molecule has 5 N–H and O–H groups in total. The fraction of sp³-hybridized carbons (Fsp3) is 0.476. The first-order valence-electron chi connectivity index (χ1n) is 10.6. The molecule has 1 amide bonds. The van der Waals surface area contributed by atoms with Crippen LogP contribution in [0.1, 0.15) is 56.2 Å². The van der Waals surface area contributed by atoms with Crippen molar-refractivity contribution in [2.24, 2.45) is 21.6 Å². The molecule has 11 heteroatoms. The van der Waals surface area contributed by atoms with Gasteiger partial charge in [0.1, 0.15) is 5.84 Å². The zero-order chi connectivity index (χ0) is 22.9. The van der Waals surface area contributed by atoms with Crippen molar-refractivity contribution in [2.45, 2.75) is 51.9 Å². The Bertz CT molecular complexity index is 984. The summed E-state index contributed by atoms with van der Waals surface area (Å²) < 4.78 is 5.70. The van der Waals surface area contributed by atoms with Gasteiger partial charge in [0, 0.05) is 23.9 Å². The summed E-state index contributed by atoms with van der Waals surface area (Å²) in [4.78, 5) is 20.4. The van der Waals surface area contributed by atoms with Gasteiger partial charge in [0.15, 0.2) is 11.5 Å². The van der Waals surface area contributed by atoms with Crippen LogP contribution in [0.3, 0.4) is 0 Å². The SMILES string of the molecule is Cc1ccc(N=C(NO)c2nonc2NCCCC(N)=NC(=O)CC2CCCC2)cc1Br. The van der Waals surface area contributed by atoms with Crippen molar-refractivity contribution in [1.82, 2.24) is 15.8 Å². The van der Waals surface area contributed by atoms with Crippen LogP contribution in [0, 0.1) is 12.8 Å². The van der Waals surface area contributed by atoms with Gasteiger partial charge in [0.2, 0.25) is 11.7 Å². The number of aliphatic imine (C=N–C) groups is 2. The van der Waals surface area contributed by atoms with Gasteiger partial charge < -0.3 is 11.1 Å². The van der Waals surface area contributed by atoms with Gasteiger partial charge in [-0.3, -0.25) is 15.5 Å². The Hall–Kier alpha value is -2.79. The second kappa shape index (κ2) is 11.7. The maximum atomic E-state index is 12.0. The number of anilines is 1. The van der Waals surface area contributed by atoms with Crippen LogP contribution in [0.15, 0.2) is 37.3 Å². The summed E-state index contributed by atoms with van der Waals surface area (Å²) in [6.45, 7) is 2.46. The second-order valence-corrected chi connectivity index (χ2v) is 8.70. The molecular formula is C21H28BrN7O3. The number of amides is 1. The van der Waals surface area contributed by atoms with Crippen LogP contribution < -0.4 is 16.5 Å². The molecule has 0 saturated heterocycles. The molecule has 0 spiro atoms. The molecule has 0 unspecified atom stereocenters. The average molecular weight is 506 g/mol. The summed E-state index contributed by atoms with van der Waals surface area (Å²) in [7, 11) is 0. The Morgan fingerprint density at radius 2 is 2.12 bits per heavy atom. The van der Waals surface area contributed by atoms with E-state index in [0.717, 1.165) is 22.9 Å². The van der Waals surface area contributed by atoms with Crippen molar-refractivity contribution in [3.63, 3.8) is 0 Å². The quantitative estimate of drug-likeness (QED) is 0.173. The highest BCUT2D eigenvalue weighted by Crippen LogP contribution is 2.27. The average Bonchev–Trinajstić information content (AvgIpc) is 3.44. The Balaban J connectivity index is 1.52. The molecule has 1 aliphatic carbocycles. The highest BCUT2D eigenvalue weighted by atomic mass is 79.9. The van der Waals surface area contributed by atoms with Crippen molar-refractivity contribution < 1.29 is 14.6 Å². The molecule has 1 heterocycles. The van der Waals surface area contributed by atoms with Crippen LogP contribution in [0.4, 0.5) is 11.5 Å². The van der Waals surface area contributed by atoms with Gasteiger partial charge in [0.25, 0.3) is 0 Å². The number of aromatic nitrogens is 2. The number of halogens is 1. The molecule has 1 fully saturated rings. The van der Waals surface area contributed by atoms with E-state index in [2.05, 4.69) is 41.5 Å². The van der Waals surface area contributed by atoms with Gasteiger partial charge in [-0.05, 0) is 60.1 Å². The summed E-state index contributed by atoms with van der Waals surface area (Å²) in [5, 5.41) is 20.3. The summed E-state index contributed by atoms with van der Waals surface area (Å²) in [5.74, 6) is 1.06. The molecule has 1 saturated carbocycles. The van der Waals surface area contributed by atoms with Crippen molar-refractivity contribution in [1.29, 1.82) is 0 Å². The van der Waals surface area contributed by atoms with E-state index in [1.54, 1.807) is 0 Å². The minimum atomic E-state index is -0.136. The summed E-state index contributed by atoms with van der Waals surface area (Å²) in [6.07, 6.45) is 6.19. The van der Waals surface area contributed by atoms with Crippen molar-refractivity contribution in [2.75, 3.05) is 11.9 Å². The predicted molar refractivity (Wildman–Crippen MR) is 125 cm³/mol. The lowest BCUT2D eigenvalue weighted by Gasteiger charge is -2.07. The molecule has 1 aromatic heterocycles. The Morgan fingerprint density at radius 3 is 2.84 bits per heavy atom. The highest BCUT2D eigenvalue weighted by Gasteiger charge is 2.19. The van der Waals surface area contributed by atoms with Crippen molar-refractivity contribution in [3.8, 4) is 0 Å². The lowest BCUT2D eigenvalue weighted by atomic mass is 10.0. The third-order valence-corrected chi connectivity index (χ3v) is 6.18. The van der Waals surface area contributed by atoms with E-state index in [1.807, 2.05) is 30.6 Å². The summed E-state index contributed by atoms with van der Waals surface area (Å²) >= 11 is 3.46. The molecule has 32 heavy (non-hydrogen) atoms. The topological polar surface area (TPSA) is 151 Å². The molecule has 0 radical (unpaired) electrons. The van der Waals surface area contributed by atoms with Gasteiger partial charge in [0.05, 0.1) is 5.69 Å². The highest BCUT2D eigenvalue weighted by molar-refractivity contribution is 9.10. The van der Waals surface area contributed by atoms with Crippen LogP contribution in [-0.2, 0) is 4.79 Å². The molecule has 1 aromatic carbocycles. The van der Waals surface area contributed by atoms with Crippen LogP contribution in [0.2, 0.25) is 0 Å². The predicted octanol–water partition coefficient (Wildman–Crippen LogP) is 3.85. The number of hydroxylamine groups is 1. The van der Waals surface area contributed by atoms with Crippen LogP contribution >= 0.6 is 15.9 Å². The van der Waals surface area contributed by atoms with E-state index in [-0.39, 0.29) is 17.4 Å². The number of hydrogen-bond acceptors (Lipinski definition) is 7. The molecule has 10 nitrogen and oxygen atoms in total. The number of carbonyl (C=O) groups is 1. The van der Waals surface area contributed by atoms with E-state index < -0.39 is 0 Å². The van der Waals surface area contributed by atoms with E-state index >= 15 is 0 Å². The molecule has 3 rings (SSSR count). The second-order valence-electron chi connectivity index (χ2n) is 7.85. The Kier molecular flexibility index (Phi) is 8.74. The van der Waals surface area contributed by atoms with Crippen LogP contribution in [-0.4, -0.2) is 39.6 Å². The number of nitrogens with zero attached hydrogens (tertiary/aromatic N) is 4. The standard InChI is InChI=1S/C21H28BrN7O3/c1-13-8-9-15(12-16(13)22)25-21(27-31)19-20(29-32-28-19)24-10-4-7-17(23)26-18(30)11-14-5-2-3-6-14/h8-9,12,14,31H,2-7,10-11H2,1H3,(H,24,29)(H,25,27)(H2,23,26,30). The lowest BCUT2D eigenvalue weighted by Crippen LogP contribution is -2.22. The molecule has 0 bridgehead atoms. The van der Waals surface area contributed by atoms with E-state index in [1.165, 1.54) is 12.8 Å². The number of carbonyl (C=O) groups excluding carboxylic acids is 1. The molecular weight excluding hydrogens is 478 g/mol. The fourth-order valence-corrected chi connectivity index (χ4v) is 3.94. The molecule has 0 atom stereocenters. The lowest BCUT2D eigenvalue weighted by molar-refractivity contribution is -0.118. The minimum absolute atomic E-state index is 0.0862. The zero-order valence-electron chi connectivity index (χ0n) is 18.0. The molecule has 172 valence electrons. The number of amidine groups is 2. The Morgan fingerprint density at radius 1 is 1.34 bits per heavy atom. The van der Waals surface area contributed by atoms with E-state index in [4.69, 9.17) is 10.4 Å². The zero-order valence-corrected chi connectivity index (χ0v) is 19.6. The van der Waals surface area contributed by atoms with Gasteiger partial charge in [-0.15, -0.1) is 0 Å². The number of aryl methyl sites for hydroxylation is 1. The van der Waals surface area contributed by atoms with Crippen molar-refractivity contribution >= 4 is 45.0 Å². The van der Waals surface area contributed by atoms with Gasteiger partial charge in [-0.1, -0.05) is 34.8 Å². The normalized spacial score (nSPS) is 15.2. The minimum Gasteiger partial charge on any atom is -0.387 e. The largest absolute Gasteiger partial charge is 0.387 e. The van der Waals surface area contributed by atoms with Gasteiger partial charge >= 0.3 is 0 Å². The Labute approximate surface area is 194 Å². The first kappa shape index (κ1) is 23.9. The first-order valence-corrected chi connectivity index (χ1v) is 11.4. The number of nitrogens with one attached hydrogen (secondary N) is 2. The third-order valence-electron chi connectivity index (χ3n) is 5.32. The van der Waals surface area contributed by atoms with Crippen molar-refractivity contribution in [3.05, 3.63) is 33.9 Å². The maximum absolute atomic E-state index is 12.0. The number of hydrogen-bond donors (Lipinski definition) is 4. The first-order chi connectivity index (χ1) is 15.5. The van der Waals surface area contributed by atoms with Crippen LogP contribution in [0.5, 0.6) is 0 Å².